The Morgan fingerprint density at radius 3 is 2.39 bits per heavy atom. The van der Waals surface area contributed by atoms with Crippen molar-refractivity contribution >= 4 is 17.4 Å². The molecule has 0 saturated carbocycles. The molecular weight excluding hydrogens is 244 g/mol. The van der Waals surface area contributed by atoms with E-state index in [2.05, 4.69) is 19.1 Å². The van der Waals surface area contributed by atoms with E-state index < -0.39 is 0 Å². The fourth-order valence-corrected chi connectivity index (χ4v) is 2.31. The van der Waals surface area contributed by atoms with Gasteiger partial charge in [0.2, 0.25) is 0 Å². The van der Waals surface area contributed by atoms with Gasteiger partial charge in [-0.25, -0.2) is 0 Å². The number of hydrogen-bond donors (Lipinski definition) is 0. The lowest BCUT2D eigenvalue weighted by molar-refractivity contribution is 0.101. The molecule has 18 heavy (non-hydrogen) atoms. The van der Waals surface area contributed by atoms with Crippen molar-refractivity contribution in [2.24, 2.45) is 0 Å². The second kappa shape index (κ2) is 5.36. The summed E-state index contributed by atoms with van der Waals surface area (Å²) in [5.74, 6) is 0.230. The first-order valence-electron chi connectivity index (χ1n) is 5.95. The van der Waals surface area contributed by atoms with E-state index in [0.29, 0.717) is 5.02 Å². The average molecular weight is 259 g/mol. The molecule has 0 N–H and O–H groups in total. The van der Waals surface area contributed by atoms with Crippen LogP contribution in [-0.2, 0) is 0 Å². The first kappa shape index (κ1) is 12.8. The van der Waals surface area contributed by atoms with Crippen molar-refractivity contribution < 1.29 is 4.79 Å². The van der Waals surface area contributed by atoms with Gasteiger partial charge in [-0.15, -0.1) is 0 Å². The van der Waals surface area contributed by atoms with Crippen LogP contribution in [0.15, 0.2) is 48.5 Å². The Labute approximate surface area is 112 Å². The van der Waals surface area contributed by atoms with Gasteiger partial charge >= 0.3 is 0 Å². The van der Waals surface area contributed by atoms with E-state index in [9.17, 15) is 4.79 Å². The number of ketones is 1. The molecular formula is C16H15ClO. The molecule has 0 aromatic heterocycles. The fraction of sp³-hybridized carbons (Fsp3) is 0.188. The van der Waals surface area contributed by atoms with Gasteiger partial charge in [-0.2, -0.15) is 0 Å². The Hall–Kier alpha value is -1.60. The molecule has 0 aliphatic rings. The quantitative estimate of drug-likeness (QED) is 0.730. The maximum atomic E-state index is 11.7. The summed E-state index contributed by atoms with van der Waals surface area (Å²) in [6.07, 6.45) is 0. The number of carbonyl (C=O) groups excluding carboxylic acids is 1. The molecule has 1 nitrogen and oxygen atoms in total. The smallest absolute Gasteiger partial charge is 0.160 e. The highest BCUT2D eigenvalue weighted by molar-refractivity contribution is 6.30. The van der Waals surface area contributed by atoms with E-state index in [1.54, 1.807) is 19.1 Å². The predicted octanol–water partition coefficient (Wildman–Crippen LogP) is 4.69. The summed E-state index contributed by atoms with van der Waals surface area (Å²) in [7, 11) is 0. The third-order valence-electron chi connectivity index (χ3n) is 3.16. The summed E-state index contributed by atoms with van der Waals surface area (Å²) in [6, 6.07) is 15.6. The molecule has 0 saturated heterocycles. The molecule has 0 aliphatic carbocycles. The van der Waals surface area contributed by atoms with E-state index in [4.69, 9.17) is 11.6 Å². The number of benzene rings is 2. The van der Waals surface area contributed by atoms with Crippen LogP contribution < -0.4 is 0 Å². The number of hydrogen-bond acceptors (Lipinski definition) is 1. The third kappa shape index (κ3) is 2.62. The molecule has 0 aliphatic heterocycles. The highest BCUT2D eigenvalue weighted by atomic mass is 35.5. The Morgan fingerprint density at radius 1 is 1.11 bits per heavy atom. The molecule has 0 amide bonds. The summed E-state index contributed by atoms with van der Waals surface area (Å²) in [4.78, 5) is 11.7. The van der Waals surface area contributed by atoms with Gasteiger partial charge in [-0.3, -0.25) is 4.79 Å². The van der Waals surface area contributed by atoms with Gasteiger partial charge in [0.05, 0.1) is 0 Å². The van der Waals surface area contributed by atoms with Gasteiger partial charge in [-0.1, -0.05) is 48.9 Å². The molecule has 1 atom stereocenters. The first-order chi connectivity index (χ1) is 8.59. The highest BCUT2D eigenvalue weighted by Crippen LogP contribution is 2.29. The zero-order chi connectivity index (χ0) is 13.1. The number of carbonyl (C=O) groups is 1. The van der Waals surface area contributed by atoms with Crippen molar-refractivity contribution in [2.45, 2.75) is 19.8 Å². The molecule has 0 spiro atoms. The maximum absolute atomic E-state index is 11.7. The standard InChI is InChI=1S/C16H15ClO/c1-11(13-6-4-3-5-7-13)16-10-14(17)8-9-15(16)12(2)18/h3-11H,1-2H3. The van der Waals surface area contributed by atoms with Gasteiger partial charge < -0.3 is 0 Å². The molecule has 2 aromatic rings. The molecule has 1 unspecified atom stereocenters. The molecule has 0 radical (unpaired) electrons. The second-order valence-electron chi connectivity index (χ2n) is 4.42. The molecule has 2 aromatic carbocycles. The van der Waals surface area contributed by atoms with Crippen LogP contribution >= 0.6 is 11.6 Å². The highest BCUT2D eigenvalue weighted by Gasteiger charge is 2.15. The monoisotopic (exact) mass is 258 g/mol. The normalized spacial score (nSPS) is 12.2. The summed E-state index contributed by atoms with van der Waals surface area (Å²) >= 11 is 6.04. The molecule has 2 heteroatoms. The van der Waals surface area contributed by atoms with Gasteiger partial charge in [0, 0.05) is 16.5 Å². The van der Waals surface area contributed by atoms with Crippen LogP contribution in [0.4, 0.5) is 0 Å². The van der Waals surface area contributed by atoms with E-state index in [1.165, 1.54) is 5.56 Å². The summed E-state index contributed by atoms with van der Waals surface area (Å²) in [5.41, 5.74) is 2.92. The van der Waals surface area contributed by atoms with Crippen LogP contribution in [0.2, 0.25) is 5.02 Å². The van der Waals surface area contributed by atoms with Crippen LogP contribution in [-0.4, -0.2) is 5.78 Å². The lowest BCUT2D eigenvalue weighted by Crippen LogP contribution is -2.04. The fourth-order valence-electron chi connectivity index (χ4n) is 2.13. The molecule has 2 rings (SSSR count). The minimum Gasteiger partial charge on any atom is -0.295 e. The van der Waals surface area contributed by atoms with Crippen molar-refractivity contribution in [1.82, 2.24) is 0 Å². The van der Waals surface area contributed by atoms with E-state index >= 15 is 0 Å². The van der Waals surface area contributed by atoms with Crippen molar-refractivity contribution in [3.63, 3.8) is 0 Å². The van der Waals surface area contributed by atoms with Crippen molar-refractivity contribution in [1.29, 1.82) is 0 Å². The lowest BCUT2D eigenvalue weighted by atomic mass is 9.88. The maximum Gasteiger partial charge on any atom is 0.160 e. The predicted molar refractivity (Wildman–Crippen MR) is 75.4 cm³/mol. The zero-order valence-corrected chi connectivity index (χ0v) is 11.2. The van der Waals surface area contributed by atoms with Gasteiger partial charge in [0.1, 0.15) is 0 Å². The Morgan fingerprint density at radius 2 is 1.78 bits per heavy atom. The summed E-state index contributed by atoms with van der Waals surface area (Å²) in [5, 5.41) is 0.665. The van der Waals surface area contributed by atoms with E-state index in [0.717, 1.165) is 11.1 Å². The largest absolute Gasteiger partial charge is 0.295 e. The van der Waals surface area contributed by atoms with Crippen molar-refractivity contribution in [3.05, 3.63) is 70.2 Å². The number of halogens is 1. The Bertz CT molecular complexity index is 561. The Balaban J connectivity index is 2.50. The first-order valence-corrected chi connectivity index (χ1v) is 6.32. The van der Waals surface area contributed by atoms with Crippen LogP contribution in [0.1, 0.15) is 41.3 Å². The van der Waals surface area contributed by atoms with Crippen molar-refractivity contribution in [3.8, 4) is 0 Å². The summed E-state index contributed by atoms with van der Waals surface area (Å²) < 4.78 is 0. The van der Waals surface area contributed by atoms with Gasteiger partial charge in [-0.05, 0) is 36.2 Å². The minimum absolute atomic E-state index is 0.0736. The Kier molecular flexibility index (Phi) is 3.83. The van der Waals surface area contributed by atoms with E-state index in [1.807, 2.05) is 24.3 Å². The number of rotatable bonds is 3. The topological polar surface area (TPSA) is 17.1 Å². The number of Topliss-reactive ketones (excluding diaryl/α,β-unsaturated/α-hetero) is 1. The van der Waals surface area contributed by atoms with E-state index in [-0.39, 0.29) is 11.7 Å². The second-order valence-corrected chi connectivity index (χ2v) is 4.86. The molecule has 0 fully saturated rings. The SMILES string of the molecule is CC(=O)c1ccc(Cl)cc1C(C)c1ccccc1. The molecule has 0 bridgehead atoms. The minimum atomic E-state index is 0.0736. The van der Waals surface area contributed by atoms with Crippen molar-refractivity contribution in [2.75, 3.05) is 0 Å². The van der Waals surface area contributed by atoms with Crippen LogP contribution in [0.5, 0.6) is 0 Å². The van der Waals surface area contributed by atoms with Crippen LogP contribution in [0.25, 0.3) is 0 Å². The lowest BCUT2D eigenvalue weighted by Gasteiger charge is -2.16. The van der Waals surface area contributed by atoms with Crippen LogP contribution in [0.3, 0.4) is 0 Å². The summed E-state index contributed by atoms with van der Waals surface area (Å²) in [6.45, 7) is 3.68. The van der Waals surface area contributed by atoms with Gasteiger partial charge in [0.15, 0.2) is 5.78 Å². The average Bonchev–Trinajstić information content (AvgIpc) is 2.38. The van der Waals surface area contributed by atoms with Gasteiger partial charge in [0.25, 0.3) is 0 Å². The van der Waals surface area contributed by atoms with Crippen LogP contribution in [0, 0.1) is 0 Å². The molecule has 0 heterocycles. The third-order valence-corrected chi connectivity index (χ3v) is 3.39. The molecule has 92 valence electrons. The zero-order valence-electron chi connectivity index (χ0n) is 10.5.